The summed E-state index contributed by atoms with van der Waals surface area (Å²) in [6, 6.07) is 5.30. The van der Waals surface area contributed by atoms with Crippen LogP contribution in [-0.4, -0.2) is 14.7 Å². The third kappa shape index (κ3) is 3.19. The first-order chi connectivity index (χ1) is 9.81. The number of hydrogen-bond donors (Lipinski definition) is 0. The van der Waals surface area contributed by atoms with Gasteiger partial charge in [-0.15, -0.1) is 0 Å². The molecule has 2 rings (SSSR count). The van der Waals surface area contributed by atoms with E-state index < -0.39 is 4.92 Å². The molecular weight excluding hydrogens is 313 g/mol. The van der Waals surface area contributed by atoms with Gasteiger partial charge in [0.05, 0.1) is 10.6 Å². The van der Waals surface area contributed by atoms with Crippen LogP contribution in [0.4, 0.5) is 5.69 Å². The Morgan fingerprint density at radius 2 is 2.05 bits per heavy atom. The Morgan fingerprint density at radius 1 is 1.38 bits per heavy atom. The number of benzene rings is 1. The average molecular weight is 328 g/mol. The minimum Gasteiger partial charge on any atom is -0.258 e. The van der Waals surface area contributed by atoms with Crippen LogP contribution < -0.4 is 0 Å². The Kier molecular flexibility index (Phi) is 4.54. The van der Waals surface area contributed by atoms with Gasteiger partial charge in [-0.05, 0) is 30.5 Å². The summed E-state index contributed by atoms with van der Waals surface area (Å²) in [7, 11) is 0. The van der Waals surface area contributed by atoms with Gasteiger partial charge in [-0.3, -0.25) is 10.1 Å². The summed E-state index contributed by atoms with van der Waals surface area (Å²) in [5, 5.41) is 16.1. The molecule has 0 N–H and O–H groups in total. The molecule has 1 aromatic carbocycles. The van der Waals surface area contributed by atoms with E-state index in [4.69, 9.17) is 23.2 Å². The smallest absolute Gasteiger partial charge is 0.258 e. The molecule has 0 unspecified atom stereocenters. The predicted molar refractivity (Wildman–Crippen MR) is 83.5 cm³/mol. The highest BCUT2D eigenvalue weighted by Gasteiger charge is 2.27. The summed E-state index contributed by atoms with van der Waals surface area (Å²) in [4.78, 5) is 10.7. The van der Waals surface area contributed by atoms with Crippen molar-refractivity contribution in [1.29, 1.82) is 0 Å². The Morgan fingerprint density at radius 3 is 2.57 bits per heavy atom. The molecule has 1 heterocycles. The molecule has 0 aliphatic heterocycles. The molecule has 0 fully saturated rings. The minimum absolute atomic E-state index is 0.00410. The standard InChI is InChI=1S/C14H15Cl2N3O2/c1-8(2)6-12-13(19(20)21)14(16)18(17-12)10-5-4-9(3)11(15)7-10/h4-5,7-8H,6H2,1-3H3. The van der Waals surface area contributed by atoms with E-state index in [0.29, 0.717) is 22.8 Å². The lowest BCUT2D eigenvalue weighted by Gasteiger charge is -2.04. The predicted octanol–water partition coefficient (Wildman–Crippen LogP) is 4.59. The highest BCUT2D eigenvalue weighted by atomic mass is 35.5. The van der Waals surface area contributed by atoms with E-state index in [9.17, 15) is 10.1 Å². The van der Waals surface area contributed by atoms with Crippen LogP contribution in [-0.2, 0) is 6.42 Å². The summed E-state index contributed by atoms with van der Waals surface area (Å²) >= 11 is 12.2. The molecule has 0 aliphatic carbocycles. The number of nitro groups is 1. The number of nitrogens with zero attached hydrogens (tertiary/aromatic N) is 3. The molecule has 0 radical (unpaired) electrons. The number of rotatable bonds is 4. The Hall–Kier alpha value is -1.59. The molecule has 0 bridgehead atoms. The first-order valence-electron chi connectivity index (χ1n) is 6.49. The van der Waals surface area contributed by atoms with Gasteiger partial charge in [0.15, 0.2) is 0 Å². The summed E-state index contributed by atoms with van der Waals surface area (Å²) in [6.45, 7) is 5.82. The van der Waals surface area contributed by atoms with Crippen molar-refractivity contribution in [3.05, 3.63) is 49.7 Å². The van der Waals surface area contributed by atoms with Crippen LogP contribution in [0.3, 0.4) is 0 Å². The Bertz CT molecular complexity index is 696. The van der Waals surface area contributed by atoms with Crippen molar-refractivity contribution in [1.82, 2.24) is 9.78 Å². The SMILES string of the molecule is Cc1ccc(-n2nc(CC(C)C)c([N+](=O)[O-])c2Cl)cc1Cl. The molecule has 0 saturated heterocycles. The van der Waals surface area contributed by atoms with Crippen molar-refractivity contribution in [2.24, 2.45) is 5.92 Å². The maximum absolute atomic E-state index is 11.2. The van der Waals surface area contributed by atoms with E-state index in [1.807, 2.05) is 26.8 Å². The van der Waals surface area contributed by atoms with Crippen LogP contribution in [0.15, 0.2) is 18.2 Å². The molecule has 0 spiro atoms. The molecule has 7 heteroatoms. The van der Waals surface area contributed by atoms with Crippen molar-refractivity contribution < 1.29 is 4.92 Å². The molecule has 1 aromatic heterocycles. The normalized spacial score (nSPS) is 11.1. The Labute approximate surface area is 132 Å². The van der Waals surface area contributed by atoms with Crippen LogP contribution in [0, 0.1) is 23.0 Å². The first-order valence-corrected chi connectivity index (χ1v) is 7.25. The summed E-state index contributed by atoms with van der Waals surface area (Å²) in [5.41, 5.74) is 1.77. The lowest BCUT2D eigenvalue weighted by Crippen LogP contribution is -2.00. The minimum atomic E-state index is -0.487. The van der Waals surface area contributed by atoms with Gasteiger partial charge < -0.3 is 0 Å². The average Bonchev–Trinajstić information content (AvgIpc) is 2.69. The first kappa shape index (κ1) is 15.8. The monoisotopic (exact) mass is 327 g/mol. The molecule has 0 aliphatic rings. The van der Waals surface area contributed by atoms with Crippen molar-refractivity contribution in [3.8, 4) is 5.69 Å². The number of aromatic nitrogens is 2. The molecule has 0 atom stereocenters. The molecule has 21 heavy (non-hydrogen) atoms. The van der Waals surface area contributed by atoms with Crippen molar-refractivity contribution in [2.45, 2.75) is 27.2 Å². The van der Waals surface area contributed by atoms with Gasteiger partial charge in [0, 0.05) is 11.4 Å². The van der Waals surface area contributed by atoms with E-state index in [1.165, 1.54) is 4.68 Å². The van der Waals surface area contributed by atoms with Gasteiger partial charge in [-0.25, -0.2) is 4.68 Å². The maximum Gasteiger partial charge on any atom is 0.329 e. The maximum atomic E-state index is 11.2. The molecule has 112 valence electrons. The zero-order valence-electron chi connectivity index (χ0n) is 11.9. The fourth-order valence-electron chi connectivity index (χ4n) is 2.02. The van der Waals surface area contributed by atoms with Gasteiger partial charge in [0.1, 0.15) is 5.69 Å². The molecule has 5 nitrogen and oxygen atoms in total. The second-order valence-corrected chi connectivity index (χ2v) is 6.05. The van der Waals surface area contributed by atoms with E-state index in [-0.39, 0.29) is 16.8 Å². The highest BCUT2D eigenvalue weighted by molar-refractivity contribution is 6.32. The van der Waals surface area contributed by atoms with Crippen LogP contribution in [0.5, 0.6) is 0 Å². The van der Waals surface area contributed by atoms with E-state index in [2.05, 4.69) is 5.10 Å². The lowest BCUT2D eigenvalue weighted by molar-refractivity contribution is -0.385. The van der Waals surface area contributed by atoms with Gasteiger partial charge in [0.2, 0.25) is 5.15 Å². The van der Waals surface area contributed by atoms with E-state index >= 15 is 0 Å². The van der Waals surface area contributed by atoms with Crippen LogP contribution in [0.1, 0.15) is 25.1 Å². The van der Waals surface area contributed by atoms with Crippen molar-refractivity contribution >= 4 is 28.9 Å². The third-order valence-corrected chi connectivity index (χ3v) is 3.81. The quantitative estimate of drug-likeness (QED) is 0.609. The van der Waals surface area contributed by atoms with E-state index in [0.717, 1.165) is 5.56 Å². The topological polar surface area (TPSA) is 61.0 Å². The van der Waals surface area contributed by atoms with Crippen LogP contribution in [0.2, 0.25) is 10.2 Å². The van der Waals surface area contributed by atoms with Gasteiger partial charge in [-0.1, -0.05) is 43.1 Å². The zero-order chi connectivity index (χ0) is 15.7. The second kappa shape index (κ2) is 6.03. The van der Waals surface area contributed by atoms with Crippen molar-refractivity contribution in [3.63, 3.8) is 0 Å². The molecule has 0 saturated carbocycles. The number of hydrogen-bond acceptors (Lipinski definition) is 3. The summed E-state index contributed by atoms with van der Waals surface area (Å²) in [5.74, 6) is 0.240. The van der Waals surface area contributed by atoms with Crippen molar-refractivity contribution in [2.75, 3.05) is 0 Å². The zero-order valence-corrected chi connectivity index (χ0v) is 13.4. The largest absolute Gasteiger partial charge is 0.329 e. The molecule has 2 aromatic rings. The van der Waals surface area contributed by atoms with E-state index in [1.54, 1.807) is 12.1 Å². The molecule has 0 amide bonds. The summed E-state index contributed by atoms with van der Waals surface area (Å²) < 4.78 is 1.36. The fraction of sp³-hybridized carbons (Fsp3) is 0.357. The Balaban J connectivity index is 2.58. The number of halogens is 2. The second-order valence-electron chi connectivity index (χ2n) is 5.29. The third-order valence-electron chi connectivity index (χ3n) is 3.06. The number of aryl methyl sites for hydroxylation is 1. The highest BCUT2D eigenvalue weighted by Crippen LogP contribution is 2.33. The summed E-state index contributed by atoms with van der Waals surface area (Å²) in [6.07, 6.45) is 0.489. The fourth-order valence-corrected chi connectivity index (χ4v) is 2.51. The van der Waals surface area contributed by atoms with Crippen LogP contribution in [0.25, 0.3) is 5.69 Å². The van der Waals surface area contributed by atoms with Gasteiger partial charge in [0.25, 0.3) is 0 Å². The molecular formula is C14H15Cl2N3O2. The lowest BCUT2D eigenvalue weighted by atomic mass is 10.1. The van der Waals surface area contributed by atoms with Crippen LogP contribution >= 0.6 is 23.2 Å². The van der Waals surface area contributed by atoms with Gasteiger partial charge >= 0.3 is 5.69 Å². The van der Waals surface area contributed by atoms with Gasteiger partial charge in [-0.2, -0.15) is 5.10 Å².